The molecule has 0 unspecified atom stereocenters. The SMILES string of the molecule is CCOC(=O)CCN(CCCN(CC)CC)C(=O)/C=C/c1ccc(F)cc1. The molecule has 0 aromatic heterocycles. The molecule has 0 atom stereocenters. The van der Waals surface area contributed by atoms with Crippen molar-refractivity contribution in [3.63, 3.8) is 0 Å². The average molecular weight is 378 g/mol. The van der Waals surface area contributed by atoms with Crippen molar-refractivity contribution in [1.82, 2.24) is 9.80 Å². The largest absolute Gasteiger partial charge is 0.466 e. The highest BCUT2D eigenvalue weighted by Crippen LogP contribution is 2.06. The summed E-state index contributed by atoms with van der Waals surface area (Å²) in [5, 5.41) is 0. The molecule has 0 heterocycles. The summed E-state index contributed by atoms with van der Waals surface area (Å²) in [6.07, 6.45) is 4.13. The summed E-state index contributed by atoms with van der Waals surface area (Å²) >= 11 is 0. The lowest BCUT2D eigenvalue weighted by Gasteiger charge is -2.23. The average Bonchev–Trinajstić information content (AvgIpc) is 2.67. The van der Waals surface area contributed by atoms with Gasteiger partial charge in [0.15, 0.2) is 0 Å². The summed E-state index contributed by atoms with van der Waals surface area (Å²) in [6.45, 7) is 10.0. The molecule has 27 heavy (non-hydrogen) atoms. The van der Waals surface area contributed by atoms with Gasteiger partial charge in [-0.2, -0.15) is 0 Å². The van der Waals surface area contributed by atoms with Gasteiger partial charge in [-0.15, -0.1) is 0 Å². The zero-order chi connectivity index (χ0) is 20.1. The van der Waals surface area contributed by atoms with E-state index in [1.165, 1.54) is 18.2 Å². The molecule has 0 aliphatic carbocycles. The fraction of sp³-hybridized carbons (Fsp3) is 0.524. The second kappa shape index (κ2) is 13.0. The highest BCUT2D eigenvalue weighted by Gasteiger charge is 2.13. The first-order chi connectivity index (χ1) is 13.0. The fourth-order valence-electron chi connectivity index (χ4n) is 2.66. The van der Waals surface area contributed by atoms with Crippen LogP contribution >= 0.6 is 0 Å². The van der Waals surface area contributed by atoms with Crippen molar-refractivity contribution in [3.8, 4) is 0 Å². The normalized spacial score (nSPS) is 11.1. The molecule has 5 nitrogen and oxygen atoms in total. The van der Waals surface area contributed by atoms with Gasteiger partial charge < -0.3 is 14.5 Å². The maximum absolute atomic E-state index is 13.0. The van der Waals surface area contributed by atoms with Gasteiger partial charge in [0.05, 0.1) is 13.0 Å². The summed E-state index contributed by atoms with van der Waals surface area (Å²) < 4.78 is 17.9. The Balaban J connectivity index is 2.67. The predicted molar refractivity (Wildman–Crippen MR) is 106 cm³/mol. The van der Waals surface area contributed by atoms with E-state index in [9.17, 15) is 14.0 Å². The van der Waals surface area contributed by atoms with E-state index in [0.29, 0.717) is 19.7 Å². The van der Waals surface area contributed by atoms with E-state index in [4.69, 9.17) is 4.74 Å². The molecule has 0 radical (unpaired) electrons. The number of ether oxygens (including phenoxy) is 1. The van der Waals surface area contributed by atoms with E-state index in [-0.39, 0.29) is 24.1 Å². The lowest BCUT2D eigenvalue weighted by molar-refractivity contribution is -0.143. The molecule has 150 valence electrons. The number of hydrogen-bond donors (Lipinski definition) is 0. The number of esters is 1. The van der Waals surface area contributed by atoms with Crippen LogP contribution in [-0.2, 0) is 14.3 Å². The van der Waals surface area contributed by atoms with Crippen LogP contribution in [0.15, 0.2) is 30.3 Å². The molecular weight excluding hydrogens is 347 g/mol. The lowest BCUT2D eigenvalue weighted by atomic mass is 10.2. The maximum atomic E-state index is 13.0. The van der Waals surface area contributed by atoms with Crippen LogP contribution in [0.4, 0.5) is 4.39 Å². The minimum absolute atomic E-state index is 0.164. The van der Waals surface area contributed by atoms with Gasteiger partial charge in [0.1, 0.15) is 5.82 Å². The van der Waals surface area contributed by atoms with Gasteiger partial charge >= 0.3 is 5.97 Å². The molecule has 1 aromatic carbocycles. The third-order valence-corrected chi connectivity index (χ3v) is 4.29. The molecule has 1 rings (SSSR count). The zero-order valence-corrected chi connectivity index (χ0v) is 16.6. The van der Waals surface area contributed by atoms with Crippen LogP contribution in [-0.4, -0.2) is 61.0 Å². The van der Waals surface area contributed by atoms with Crippen LogP contribution in [0.5, 0.6) is 0 Å². The highest BCUT2D eigenvalue weighted by atomic mass is 19.1. The van der Waals surface area contributed by atoms with E-state index >= 15 is 0 Å². The van der Waals surface area contributed by atoms with E-state index in [1.54, 1.807) is 30.0 Å². The molecule has 0 saturated heterocycles. The fourth-order valence-corrected chi connectivity index (χ4v) is 2.66. The second-order valence-electron chi connectivity index (χ2n) is 6.15. The lowest BCUT2D eigenvalue weighted by Crippen LogP contribution is -2.35. The third kappa shape index (κ3) is 9.33. The van der Waals surface area contributed by atoms with Crippen molar-refractivity contribution < 1.29 is 18.7 Å². The molecule has 0 aliphatic heterocycles. The van der Waals surface area contributed by atoms with Gasteiger partial charge in [-0.3, -0.25) is 9.59 Å². The molecule has 0 aliphatic rings. The Hall–Kier alpha value is -2.21. The maximum Gasteiger partial charge on any atom is 0.307 e. The topological polar surface area (TPSA) is 49.9 Å². The molecule has 0 saturated carbocycles. The van der Waals surface area contributed by atoms with Crippen LogP contribution < -0.4 is 0 Å². The first-order valence-corrected chi connectivity index (χ1v) is 9.60. The monoisotopic (exact) mass is 378 g/mol. The Labute approximate surface area is 161 Å². The molecule has 1 amide bonds. The molecule has 6 heteroatoms. The number of carbonyl (C=O) groups is 2. The summed E-state index contributed by atoms with van der Waals surface area (Å²) in [4.78, 5) is 28.2. The Morgan fingerprint density at radius 1 is 1.04 bits per heavy atom. The molecule has 0 fully saturated rings. The number of benzene rings is 1. The van der Waals surface area contributed by atoms with Crippen LogP contribution in [0, 0.1) is 5.82 Å². The van der Waals surface area contributed by atoms with Crippen LogP contribution in [0.25, 0.3) is 6.08 Å². The molecule has 0 spiro atoms. The van der Waals surface area contributed by atoms with Crippen molar-refractivity contribution in [2.75, 3.05) is 39.3 Å². The summed E-state index contributed by atoms with van der Waals surface area (Å²) in [5.74, 6) is -0.782. The van der Waals surface area contributed by atoms with Crippen LogP contribution in [0.3, 0.4) is 0 Å². The molecular formula is C21H31FN2O3. The molecule has 0 bridgehead atoms. The molecule has 0 N–H and O–H groups in total. The Kier molecular flexibility index (Phi) is 11.0. The number of amides is 1. The van der Waals surface area contributed by atoms with Crippen molar-refractivity contribution in [1.29, 1.82) is 0 Å². The summed E-state index contributed by atoms with van der Waals surface area (Å²) in [7, 11) is 0. The Morgan fingerprint density at radius 2 is 1.70 bits per heavy atom. The standard InChI is InChI=1S/C21H31FN2O3/c1-4-23(5-2)15-7-16-24(17-14-21(26)27-6-3)20(25)13-10-18-8-11-19(22)12-9-18/h8-13H,4-7,14-17H2,1-3H3/b13-10+. The number of halogens is 1. The smallest absolute Gasteiger partial charge is 0.307 e. The number of nitrogens with zero attached hydrogens (tertiary/aromatic N) is 2. The van der Waals surface area contributed by atoms with Crippen molar-refractivity contribution in [3.05, 3.63) is 41.7 Å². The van der Waals surface area contributed by atoms with E-state index in [2.05, 4.69) is 18.7 Å². The van der Waals surface area contributed by atoms with Gasteiger partial charge in [0.25, 0.3) is 0 Å². The van der Waals surface area contributed by atoms with E-state index < -0.39 is 0 Å². The van der Waals surface area contributed by atoms with Crippen LogP contribution in [0.1, 0.15) is 39.2 Å². The van der Waals surface area contributed by atoms with E-state index in [0.717, 1.165) is 31.6 Å². The van der Waals surface area contributed by atoms with Crippen molar-refractivity contribution in [2.45, 2.75) is 33.6 Å². The number of carbonyl (C=O) groups excluding carboxylic acids is 2. The van der Waals surface area contributed by atoms with Crippen LogP contribution in [0.2, 0.25) is 0 Å². The molecule has 1 aromatic rings. The van der Waals surface area contributed by atoms with Gasteiger partial charge in [-0.1, -0.05) is 26.0 Å². The Bertz CT molecular complexity index is 598. The first-order valence-electron chi connectivity index (χ1n) is 9.60. The second-order valence-corrected chi connectivity index (χ2v) is 6.15. The summed E-state index contributed by atoms with van der Waals surface area (Å²) in [5.41, 5.74) is 0.748. The summed E-state index contributed by atoms with van der Waals surface area (Å²) in [6, 6.07) is 5.93. The van der Waals surface area contributed by atoms with E-state index in [1.807, 2.05) is 0 Å². The quantitative estimate of drug-likeness (QED) is 0.413. The zero-order valence-electron chi connectivity index (χ0n) is 16.6. The van der Waals surface area contributed by atoms with Crippen molar-refractivity contribution in [2.24, 2.45) is 0 Å². The minimum Gasteiger partial charge on any atom is -0.466 e. The third-order valence-electron chi connectivity index (χ3n) is 4.29. The first kappa shape index (κ1) is 22.8. The van der Waals surface area contributed by atoms with Gasteiger partial charge in [-0.05, 0) is 56.8 Å². The van der Waals surface area contributed by atoms with Crippen molar-refractivity contribution >= 4 is 18.0 Å². The number of hydrogen-bond acceptors (Lipinski definition) is 4. The Morgan fingerprint density at radius 3 is 2.30 bits per heavy atom. The van der Waals surface area contributed by atoms with Gasteiger partial charge in [0.2, 0.25) is 5.91 Å². The van der Waals surface area contributed by atoms with Gasteiger partial charge in [-0.25, -0.2) is 4.39 Å². The highest BCUT2D eigenvalue weighted by molar-refractivity contribution is 5.92. The van der Waals surface area contributed by atoms with Gasteiger partial charge in [0, 0.05) is 19.2 Å². The predicted octanol–water partition coefficient (Wildman–Crippen LogP) is 3.35. The minimum atomic E-state index is -0.314. The number of rotatable bonds is 12.